The number of aliphatic hydroxyl groups excluding tert-OH is 1. The molecule has 0 heterocycles. The summed E-state index contributed by atoms with van der Waals surface area (Å²) in [7, 11) is 0. The lowest BCUT2D eigenvalue weighted by Gasteiger charge is -2.21. The minimum absolute atomic E-state index is 0.121. The van der Waals surface area contributed by atoms with Gasteiger partial charge in [0, 0.05) is 25.7 Å². The van der Waals surface area contributed by atoms with E-state index in [4.69, 9.17) is 5.11 Å². The Hall–Kier alpha value is -1.43. The minimum Gasteiger partial charge on any atom is -0.393 e. The second-order valence-electron chi connectivity index (χ2n) is 4.60. The maximum atomic E-state index is 11.0. The molecule has 0 spiro atoms. The molecule has 1 aromatic carbocycles. The molecule has 0 aliphatic rings. The van der Waals surface area contributed by atoms with Gasteiger partial charge in [0.2, 0.25) is 5.91 Å². The number of anilines is 1. The average Bonchev–Trinajstić information content (AvgIpc) is 2.30. The third-order valence-corrected chi connectivity index (χ3v) is 2.49. The van der Waals surface area contributed by atoms with Gasteiger partial charge in [-0.25, -0.2) is 0 Å². The summed E-state index contributed by atoms with van der Waals surface area (Å²) in [5.74, 6) is -0.121. The van der Waals surface area contributed by atoms with Crippen LogP contribution in [0, 0.1) is 0 Å². The molecule has 0 aliphatic heterocycles. The smallest absolute Gasteiger partial charge is 0.221 e. The molecule has 100 valence electrons. The van der Waals surface area contributed by atoms with Crippen LogP contribution in [0.1, 0.15) is 19.4 Å². The molecule has 0 saturated heterocycles. The summed E-state index contributed by atoms with van der Waals surface area (Å²) in [5, 5.41) is 24.3. The van der Waals surface area contributed by atoms with Crippen LogP contribution < -0.4 is 10.6 Å². The Morgan fingerprint density at radius 3 is 2.67 bits per heavy atom. The number of carbonyl (C=O) groups is 1. The first-order chi connectivity index (χ1) is 8.44. The molecule has 1 aromatic rings. The molecule has 5 heteroatoms. The molecule has 1 unspecified atom stereocenters. The zero-order chi connectivity index (χ0) is 13.6. The van der Waals surface area contributed by atoms with Crippen molar-refractivity contribution in [3.63, 3.8) is 0 Å². The van der Waals surface area contributed by atoms with E-state index < -0.39 is 5.60 Å². The maximum absolute atomic E-state index is 11.0. The highest BCUT2D eigenvalue weighted by molar-refractivity contribution is 5.89. The van der Waals surface area contributed by atoms with Gasteiger partial charge < -0.3 is 20.8 Å². The molecule has 0 aliphatic carbocycles. The van der Waals surface area contributed by atoms with E-state index in [2.05, 4.69) is 10.6 Å². The lowest BCUT2D eigenvalue weighted by molar-refractivity contribution is -0.114. The normalized spacial score (nSPS) is 14.0. The molecule has 0 fully saturated rings. The standard InChI is InChI=1S/C13H20N2O3/c1-10(17)15-12-6-4-3-5-11(12)7-14-8-13(2,18)9-16/h3-6,14,16,18H,7-9H2,1-2H3,(H,15,17). The van der Waals surface area contributed by atoms with Crippen LogP contribution in [-0.2, 0) is 11.3 Å². The van der Waals surface area contributed by atoms with Gasteiger partial charge in [0.05, 0.1) is 12.2 Å². The molecular formula is C13H20N2O3. The first-order valence-corrected chi connectivity index (χ1v) is 5.84. The van der Waals surface area contributed by atoms with Crippen molar-refractivity contribution in [2.45, 2.75) is 26.0 Å². The van der Waals surface area contributed by atoms with Crippen molar-refractivity contribution in [2.75, 3.05) is 18.5 Å². The fraction of sp³-hybridized carbons (Fsp3) is 0.462. The topological polar surface area (TPSA) is 81.6 Å². The van der Waals surface area contributed by atoms with Crippen molar-refractivity contribution in [1.82, 2.24) is 5.32 Å². The second kappa shape index (κ2) is 6.49. The van der Waals surface area contributed by atoms with Gasteiger partial charge in [-0.1, -0.05) is 18.2 Å². The van der Waals surface area contributed by atoms with Gasteiger partial charge in [-0.15, -0.1) is 0 Å². The van der Waals surface area contributed by atoms with Gasteiger partial charge in [0.25, 0.3) is 0 Å². The van der Waals surface area contributed by atoms with Gasteiger partial charge in [0.15, 0.2) is 0 Å². The zero-order valence-electron chi connectivity index (χ0n) is 10.7. The van der Waals surface area contributed by atoms with Crippen LogP contribution in [0.15, 0.2) is 24.3 Å². The zero-order valence-corrected chi connectivity index (χ0v) is 10.7. The number of carbonyl (C=O) groups excluding carboxylic acids is 1. The molecule has 0 aromatic heterocycles. The Balaban J connectivity index is 2.59. The quantitative estimate of drug-likeness (QED) is 0.593. The van der Waals surface area contributed by atoms with E-state index in [0.717, 1.165) is 11.3 Å². The third-order valence-electron chi connectivity index (χ3n) is 2.49. The van der Waals surface area contributed by atoms with Crippen LogP contribution in [-0.4, -0.2) is 34.9 Å². The molecule has 0 bridgehead atoms. The summed E-state index contributed by atoms with van der Waals surface area (Å²) in [6.45, 7) is 3.50. The largest absolute Gasteiger partial charge is 0.393 e. The van der Waals surface area contributed by atoms with Crippen LogP contribution >= 0.6 is 0 Å². The highest BCUT2D eigenvalue weighted by Crippen LogP contribution is 2.14. The van der Waals surface area contributed by atoms with Crippen molar-refractivity contribution >= 4 is 11.6 Å². The highest BCUT2D eigenvalue weighted by atomic mass is 16.3. The van der Waals surface area contributed by atoms with E-state index in [1.807, 2.05) is 24.3 Å². The number of nitrogens with one attached hydrogen (secondary N) is 2. The van der Waals surface area contributed by atoms with Crippen molar-refractivity contribution in [1.29, 1.82) is 0 Å². The maximum Gasteiger partial charge on any atom is 0.221 e. The van der Waals surface area contributed by atoms with E-state index >= 15 is 0 Å². The van der Waals surface area contributed by atoms with Crippen LogP contribution in [0.4, 0.5) is 5.69 Å². The molecule has 4 N–H and O–H groups in total. The van der Waals surface area contributed by atoms with Gasteiger partial charge in [-0.05, 0) is 18.6 Å². The summed E-state index contributed by atoms with van der Waals surface area (Å²) in [6.07, 6.45) is 0. The summed E-state index contributed by atoms with van der Waals surface area (Å²) in [6, 6.07) is 7.44. The van der Waals surface area contributed by atoms with Gasteiger partial charge in [-0.3, -0.25) is 4.79 Å². The van der Waals surface area contributed by atoms with Gasteiger partial charge in [-0.2, -0.15) is 0 Å². The third kappa shape index (κ3) is 4.83. The van der Waals surface area contributed by atoms with Crippen molar-refractivity contribution < 1.29 is 15.0 Å². The Bertz CT molecular complexity index is 405. The summed E-state index contributed by atoms with van der Waals surface area (Å²) in [4.78, 5) is 11.0. The Kier molecular flexibility index (Phi) is 5.27. The predicted octanol–water partition coefficient (Wildman–Crippen LogP) is 0.478. The van der Waals surface area contributed by atoms with Crippen molar-refractivity contribution in [3.8, 4) is 0 Å². The fourth-order valence-corrected chi connectivity index (χ4v) is 1.51. The monoisotopic (exact) mass is 252 g/mol. The van der Waals surface area contributed by atoms with E-state index in [1.165, 1.54) is 6.92 Å². The first kappa shape index (κ1) is 14.6. The Morgan fingerprint density at radius 1 is 1.39 bits per heavy atom. The number of hydrogen-bond acceptors (Lipinski definition) is 4. The predicted molar refractivity (Wildman–Crippen MR) is 70.2 cm³/mol. The van der Waals surface area contributed by atoms with Gasteiger partial charge in [0.1, 0.15) is 0 Å². The lowest BCUT2D eigenvalue weighted by atomic mass is 10.1. The average molecular weight is 252 g/mol. The number of aliphatic hydroxyl groups is 2. The molecule has 1 rings (SSSR count). The highest BCUT2D eigenvalue weighted by Gasteiger charge is 2.18. The number of amides is 1. The summed E-state index contributed by atoms with van der Waals surface area (Å²) < 4.78 is 0. The van der Waals surface area contributed by atoms with E-state index in [0.29, 0.717) is 6.54 Å². The molecule has 5 nitrogen and oxygen atoms in total. The van der Waals surface area contributed by atoms with Gasteiger partial charge >= 0.3 is 0 Å². The summed E-state index contributed by atoms with van der Waals surface area (Å²) >= 11 is 0. The van der Waals surface area contributed by atoms with Crippen LogP contribution in [0.5, 0.6) is 0 Å². The number of hydrogen-bond donors (Lipinski definition) is 4. The van der Waals surface area contributed by atoms with Crippen LogP contribution in [0.2, 0.25) is 0 Å². The number of para-hydroxylation sites is 1. The SMILES string of the molecule is CC(=O)Nc1ccccc1CNCC(C)(O)CO. The molecule has 1 amide bonds. The van der Waals surface area contributed by atoms with E-state index in [1.54, 1.807) is 6.92 Å². The molecule has 0 radical (unpaired) electrons. The van der Waals surface area contributed by atoms with E-state index in [-0.39, 0.29) is 19.1 Å². The van der Waals surface area contributed by atoms with Crippen LogP contribution in [0.3, 0.4) is 0 Å². The number of rotatable bonds is 6. The molecule has 0 saturated carbocycles. The molecular weight excluding hydrogens is 232 g/mol. The Labute approximate surface area is 107 Å². The minimum atomic E-state index is -1.14. The summed E-state index contributed by atoms with van der Waals surface area (Å²) in [5.41, 5.74) is 0.547. The number of benzene rings is 1. The van der Waals surface area contributed by atoms with E-state index in [9.17, 15) is 9.90 Å². The van der Waals surface area contributed by atoms with Crippen molar-refractivity contribution in [2.24, 2.45) is 0 Å². The molecule has 1 atom stereocenters. The lowest BCUT2D eigenvalue weighted by Crippen LogP contribution is -2.40. The molecule has 18 heavy (non-hydrogen) atoms. The first-order valence-electron chi connectivity index (χ1n) is 5.84. The fourth-order valence-electron chi connectivity index (χ4n) is 1.51. The van der Waals surface area contributed by atoms with Crippen molar-refractivity contribution in [3.05, 3.63) is 29.8 Å². The Morgan fingerprint density at radius 2 is 2.06 bits per heavy atom. The van der Waals surface area contributed by atoms with Crippen LogP contribution in [0.25, 0.3) is 0 Å². The second-order valence-corrected chi connectivity index (χ2v) is 4.60.